The number of rotatable bonds is 6. The number of carbonyl (C=O) groups is 2. The van der Waals surface area contributed by atoms with Gasteiger partial charge in [0.15, 0.2) is 0 Å². The number of nitrogens with one attached hydrogen (secondary N) is 2. The molecule has 0 aliphatic carbocycles. The molecular weight excluding hydrogens is 393 g/mol. The number of urea groups is 1. The van der Waals surface area contributed by atoms with E-state index in [1.165, 1.54) is 12.1 Å². The van der Waals surface area contributed by atoms with E-state index >= 15 is 0 Å². The van der Waals surface area contributed by atoms with Gasteiger partial charge in [0.25, 0.3) is 0 Å². The normalized spacial score (nSPS) is 15.9. The standard InChI is InChI=1S/C25H24FN3O2/c26-21-11-13-22(14-12-21)29-17-18(15-23(29)30)16-27-25(31)28-24(19-7-3-1-4-8-19)20-9-5-2-6-10-20/h1-14,18,24H,15-17H2,(H2,27,28,31). The second kappa shape index (κ2) is 9.43. The molecular formula is C25H24FN3O2. The number of halogens is 1. The van der Waals surface area contributed by atoms with Gasteiger partial charge in [0, 0.05) is 31.1 Å². The summed E-state index contributed by atoms with van der Waals surface area (Å²) < 4.78 is 13.1. The Morgan fingerprint density at radius 3 is 2.10 bits per heavy atom. The van der Waals surface area contributed by atoms with Crippen LogP contribution in [0.2, 0.25) is 0 Å². The summed E-state index contributed by atoms with van der Waals surface area (Å²) in [7, 11) is 0. The fraction of sp³-hybridized carbons (Fsp3) is 0.200. The van der Waals surface area contributed by atoms with E-state index in [0.717, 1.165) is 11.1 Å². The minimum absolute atomic E-state index is 0.00444. The Morgan fingerprint density at radius 1 is 0.935 bits per heavy atom. The highest BCUT2D eigenvalue weighted by Gasteiger charge is 2.31. The maximum atomic E-state index is 13.1. The fourth-order valence-corrected chi connectivity index (χ4v) is 3.86. The summed E-state index contributed by atoms with van der Waals surface area (Å²) in [5.41, 5.74) is 2.65. The van der Waals surface area contributed by atoms with Crippen LogP contribution in [0.15, 0.2) is 84.9 Å². The molecule has 3 aromatic rings. The number of benzene rings is 3. The number of amides is 3. The van der Waals surface area contributed by atoms with Crippen LogP contribution in [-0.2, 0) is 4.79 Å². The van der Waals surface area contributed by atoms with Gasteiger partial charge in [-0.05, 0) is 35.4 Å². The fourth-order valence-electron chi connectivity index (χ4n) is 3.86. The molecule has 1 saturated heterocycles. The van der Waals surface area contributed by atoms with Crippen molar-refractivity contribution >= 4 is 17.6 Å². The second-order valence-corrected chi connectivity index (χ2v) is 7.66. The molecule has 6 heteroatoms. The van der Waals surface area contributed by atoms with Crippen LogP contribution in [0.5, 0.6) is 0 Å². The molecule has 1 heterocycles. The number of hydrogen-bond acceptors (Lipinski definition) is 2. The minimum atomic E-state index is -0.336. The van der Waals surface area contributed by atoms with Gasteiger partial charge in [0.1, 0.15) is 5.82 Å². The molecule has 3 aromatic carbocycles. The third kappa shape index (κ3) is 5.09. The van der Waals surface area contributed by atoms with Crippen molar-refractivity contribution in [3.63, 3.8) is 0 Å². The van der Waals surface area contributed by atoms with Crippen molar-refractivity contribution in [2.75, 3.05) is 18.0 Å². The highest BCUT2D eigenvalue weighted by molar-refractivity contribution is 5.95. The Hall–Kier alpha value is -3.67. The van der Waals surface area contributed by atoms with Crippen molar-refractivity contribution in [3.05, 3.63) is 102 Å². The molecule has 0 radical (unpaired) electrons. The topological polar surface area (TPSA) is 61.4 Å². The molecule has 1 fully saturated rings. The molecule has 0 aromatic heterocycles. The lowest BCUT2D eigenvalue weighted by Gasteiger charge is -2.21. The number of anilines is 1. The minimum Gasteiger partial charge on any atom is -0.338 e. The molecule has 158 valence electrons. The quantitative estimate of drug-likeness (QED) is 0.629. The van der Waals surface area contributed by atoms with Gasteiger partial charge >= 0.3 is 6.03 Å². The Labute approximate surface area is 180 Å². The zero-order valence-corrected chi connectivity index (χ0v) is 17.0. The lowest BCUT2D eigenvalue weighted by Crippen LogP contribution is -2.41. The molecule has 3 amide bonds. The molecule has 1 atom stereocenters. The van der Waals surface area contributed by atoms with E-state index in [0.29, 0.717) is 25.2 Å². The average Bonchev–Trinajstić information content (AvgIpc) is 3.18. The monoisotopic (exact) mass is 417 g/mol. The van der Waals surface area contributed by atoms with Gasteiger partial charge in [-0.1, -0.05) is 60.7 Å². The van der Waals surface area contributed by atoms with Crippen molar-refractivity contribution in [2.45, 2.75) is 12.5 Å². The largest absolute Gasteiger partial charge is 0.338 e. The van der Waals surface area contributed by atoms with Gasteiger partial charge in [-0.3, -0.25) is 4.79 Å². The first-order valence-corrected chi connectivity index (χ1v) is 10.3. The van der Waals surface area contributed by atoms with Crippen LogP contribution in [0, 0.1) is 11.7 Å². The van der Waals surface area contributed by atoms with Crippen LogP contribution >= 0.6 is 0 Å². The number of carbonyl (C=O) groups excluding carboxylic acids is 2. The van der Waals surface area contributed by atoms with Gasteiger partial charge in [-0.15, -0.1) is 0 Å². The van der Waals surface area contributed by atoms with Gasteiger partial charge in [0.2, 0.25) is 5.91 Å². The smallest absolute Gasteiger partial charge is 0.315 e. The van der Waals surface area contributed by atoms with Crippen LogP contribution in [0.4, 0.5) is 14.9 Å². The predicted octanol–water partition coefficient (Wildman–Crippen LogP) is 4.27. The molecule has 2 N–H and O–H groups in total. The summed E-state index contributed by atoms with van der Waals surface area (Å²) in [6.07, 6.45) is 0.346. The number of hydrogen-bond donors (Lipinski definition) is 2. The van der Waals surface area contributed by atoms with Crippen molar-refractivity contribution in [1.29, 1.82) is 0 Å². The van der Waals surface area contributed by atoms with E-state index < -0.39 is 0 Å². The van der Waals surface area contributed by atoms with Crippen LogP contribution in [0.1, 0.15) is 23.6 Å². The average molecular weight is 417 g/mol. The molecule has 1 aliphatic rings. The van der Waals surface area contributed by atoms with Crippen LogP contribution in [0.3, 0.4) is 0 Å². The van der Waals surface area contributed by atoms with Crippen molar-refractivity contribution in [3.8, 4) is 0 Å². The third-order valence-electron chi connectivity index (χ3n) is 5.44. The summed E-state index contributed by atoms with van der Waals surface area (Å²) in [4.78, 5) is 26.7. The molecule has 0 spiro atoms. The summed E-state index contributed by atoms with van der Waals surface area (Å²) >= 11 is 0. The molecule has 0 bridgehead atoms. The lowest BCUT2D eigenvalue weighted by atomic mass is 9.99. The maximum Gasteiger partial charge on any atom is 0.315 e. The summed E-state index contributed by atoms with van der Waals surface area (Å²) in [6, 6.07) is 24.9. The van der Waals surface area contributed by atoms with Gasteiger partial charge in [-0.2, -0.15) is 0 Å². The van der Waals surface area contributed by atoms with Crippen molar-refractivity contribution in [2.24, 2.45) is 5.92 Å². The van der Waals surface area contributed by atoms with Crippen LogP contribution in [-0.4, -0.2) is 25.0 Å². The Kier molecular flexibility index (Phi) is 6.26. The van der Waals surface area contributed by atoms with E-state index in [-0.39, 0.29) is 29.7 Å². The zero-order valence-electron chi connectivity index (χ0n) is 17.0. The highest BCUT2D eigenvalue weighted by atomic mass is 19.1. The zero-order chi connectivity index (χ0) is 21.6. The maximum absolute atomic E-state index is 13.1. The van der Waals surface area contributed by atoms with Crippen LogP contribution < -0.4 is 15.5 Å². The molecule has 5 nitrogen and oxygen atoms in total. The third-order valence-corrected chi connectivity index (χ3v) is 5.44. The first kappa shape index (κ1) is 20.6. The lowest BCUT2D eigenvalue weighted by molar-refractivity contribution is -0.117. The van der Waals surface area contributed by atoms with Gasteiger partial charge < -0.3 is 15.5 Å². The summed E-state index contributed by atoms with van der Waals surface area (Å²) in [5.74, 6) is -0.364. The molecule has 31 heavy (non-hydrogen) atoms. The van der Waals surface area contributed by atoms with Crippen molar-refractivity contribution < 1.29 is 14.0 Å². The van der Waals surface area contributed by atoms with Crippen LogP contribution in [0.25, 0.3) is 0 Å². The molecule has 4 rings (SSSR count). The first-order valence-electron chi connectivity index (χ1n) is 10.3. The summed E-state index contributed by atoms with van der Waals surface area (Å²) in [5, 5.41) is 5.95. The summed E-state index contributed by atoms with van der Waals surface area (Å²) in [6.45, 7) is 0.872. The van der Waals surface area contributed by atoms with E-state index in [1.807, 2.05) is 60.7 Å². The number of nitrogens with zero attached hydrogens (tertiary/aromatic N) is 1. The van der Waals surface area contributed by atoms with E-state index in [1.54, 1.807) is 17.0 Å². The van der Waals surface area contributed by atoms with Crippen molar-refractivity contribution in [1.82, 2.24) is 10.6 Å². The Bertz CT molecular complexity index is 986. The SMILES string of the molecule is O=C(NCC1CC(=O)N(c2ccc(F)cc2)C1)NC(c1ccccc1)c1ccccc1. The Morgan fingerprint density at radius 2 is 1.52 bits per heavy atom. The first-order chi connectivity index (χ1) is 15.1. The highest BCUT2D eigenvalue weighted by Crippen LogP contribution is 2.25. The second-order valence-electron chi connectivity index (χ2n) is 7.66. The Balaban J connectivity index is 1.37. The molecule has 1 aliphatic heterocycles. The van der Waals surface area contributed by atoms with Gasteiger partial charge in [-0.25, -0.2) is 9.18 Å². The van der Waals surface area contributed by atoms with Gasteiger partial charge in [0.05, 0.1) is 6.04 Å². The molecule has 1 unspecified atom stereocenters. The van der Waals surface area contributed by atoms with E-state index in [9.17, 15) is 14.0 Å². The predicted molar refractivity (Wildman–Crippen MR) is 118 cm³/mol. The van der Waals surface area contributed by atoms with E-state index in [2.05, 4.69) is 10.6 Å². The van der Waals surface area contributed by atoms with E-state index in [4.69, 9.17) is 0 Å². The molecule has 0 saturated carbocycles.